The standard InChI is InChI=1S/C38H39ClF2N8O2S/c1-20(2)45-36-24(18-42)26-23(9-10-25(40)33(26)52-36)27-29(39)32-28-31(30(27)41)46-37(51-19-38-11-6-14-48(38)15-7-12-38)47-35(28)49(16-17-50-32)21(3)22-8-5-13-44-34(22)43-4/h5,8-10,13,20-21,45H,6-7,11-12,14-17,19H2,1-4H3,(H,43,44). The van der Waals surface area contributed by atoms with E-state index < -0.39 is 11.6 Å². The lowest BCUT2D eigenvalue weighted by molar-refractivity contribution is 0.108. The number of anilines is 3. The summed E-state index contributed by atoms with van der Waals surface area (Å²) in [5, 5.41) is 17.8. The molecule has 10 nitrogen and oxygen atoms in total. The average molecular weight is 745 g/mol. The maximum atomic E-state index is 17.5. The minimum absolute atomic E-state index is 0.0110. The predicted octanol–water partition coefficient (Wildman–Crippen LogP) is 8.54. The molecular formula is C38H39ClF2N8O2S. The molecule has 270 valence electrons. The number of aromatic nitrogens is 3. The molecule has 0 spiro atoms. The molecule has 0 aliphatic carbocycles. The fourth-order valence-corrected chi connectivity index (χ4v) is 9.81. The van der Waals surface area contributed by atoms with Crippen molar-refractivity contribution in [3.8, 4) is 29.0 Å². The van der Waals surface area contributed by atoms with E-state index in [-0.39, 0.29) is 73.3 Å². The van der Waals surface area contributed by atoms with Crippen LogP contribution in [0.15, 0.2) is 30.5 Å². The molecule has 8 rings (SSSR count). The van der Waals surface area contributed by atoms with Crippen molar-refractivity contribution in [2.24, 2.45) is 0 Å². The van der Waals surface area contributed by atoms with Crippen molar-refractivity contribution in [2.75, 3.05) is 55.4 Å². The monoisotopic (exact) mass is 744 g/mol. The molecule has 52 heavy (non-hydrogen) atoms. The largest absolute Gasteiger partial charge is 0.489 e. The highest BCUT2D eigenvalue weighted by molar-refractivity contribution is 7.23. The smallest absolute Gasteiger partial charge is 0.319 e. The Morgan fingerprint density at radius 1 is 1.12 bits per heavy atom. The first-order valence-corrected chi connectivity index (χ1v) is 18.9. The summed E-state index contributed by atoms with van der Waals surface area (Å²) in [6.07, 6.45) is 5.96. The van der Waals surface area contributed by atoms with E-state index in [2.05, 4.69) is 26.6 Å². The molecule has 3 aromatic heterocycles. The van der Waals surface area contributed by atoms with Gasteiger partial charge < -0.3 is 25.0 Å². The highest BCUT2D eigenvalue weighted by Gasteiger charge is 2.45. The van der Waals surface area contributed by atoms with E-state index in [0.717, 1.165) is 55.7 Å². The number of hydrogen-bond acceptors (Lipinski definition) is 11. The second kappa shape index (κ2) is 13.5. The van der Waals surface area contributed by atoms with Gasteiger partial charge >= 0.3 is 6.01 Å². The van der Waals surface area contributed by atoms with E-state index in [4.69, 9.17) is 31.0 Å². The third kappa shape index (κ3) is 5.54. The molecule has 3 aliphatic heterocycles. The van der Waals surface area contributed by atoms with Crippen LogP contribution in [0.25, 0.3) is 32.1 Å². The van der Waals surface area contributed by atoms with Crippen molar-refractivity contribution in [1.82, 2.24) is 19.9 Å². The van der Waals surface area contributed by atoms with E-state index in [0.29, 0.717) is 35.2 Å². The quantitative estimate of drug-likeness (QED) is 0.152. The van der Waals surface area contributed by atoms with Gasteiger partial charge in [-0.05, 0) is 77.2 Å². The second-order valence-electron chi connectivity index (χ2n) is 14.0. The minimum Gasteiger partial charge on any atom is -0.489 e. The van der Waals surface area contributed by atoms with Gasteiger partial charge in [-0.3, -0.25) is 4.90 Å². The number of pyridine rings is 1. The summed E-state index contributed by atoms with van der Waals surface area (Å²) >= 11 is 8.30. The Kier molecular flexibility index (Phi) is 8.96. The number of fused-ring (bicyclic) bond motifs is 2. The van der Waals surface area contributed by atoms with Crippen LogP contribution in [-0.2, 0) is 0 Å². The lowest BCUT2D eigenvalue weighted by Gasteiger charge is -2.32. The lowest BCUT2D eigenvalue weighted by atomic mass is 9.95. The van der Waals surface area contributed by atoms with Crippen LogP contribution in [0.3, 0.4) is 0 Å². The van der Waals surface area contributed by atoms with Crippen LogP contribution in [0, 0.1) is 23.0 Å². The van der Waals surface area contributed by atoms with Crippen molar-refractivity contribution < 1.29 is 18.3 Å². The Morgan fingerprint density at radius 3 is 2.63 bits per heavy atom. The van der Waals surface area contributed by atoms with Crippen LogP contribution >= 0.6 is 22.9 Å². The highest BCUT2D eigenvalue weighted by Crippen LogP contribution is 2.52. The van der Waals surface area contributed by atoms with Gasteiger partial charge in [-0.25, -0.2) is 13.8 Å². The van der Waals surface area contributed by atoms with E-state index in [1.54, 1.807) is 6.20 Å². The van der Waals surface area contributed by atoms with Gasteiger partial charge in [0.05, 0.1) is 38.8 Å². The van der Waals surface area contributed by atoms with Crippen LogP contribution in [0.2, 0.25) is 5.02 Å². The summed E-state index contributed by atoms with van der Waals surface area (Å²) in [4.78, 5) is 18.8. The summed E-state index contributed by atoms with van der Waals surface area (Å²) < 4.78 is 46.0. The fourth-order valence-electron chi connectivity index (χ4n) is 8.25. The summed E-state index contributed by atoms with van der Waals surface area (Å²) in [6.45, 7) is 8.93. The molecule has 5 aromatic rings. The molecule has 2 saturated heterocycles. The summed E-state index contributed by atoms with van der Waals surface area (Å²) in [6, 6.07) is 8.59. The zero-order chi connectivity index (χ0) is 36.3. The minimum atomic E-state index is -0.740. The van der Waals surface area contributed by atoms with Gasteiger partial charge in [0.1, 0.15) is 47.3 Å². The molecule has 0 bridgehead atoms. The topological polar surface area (TPSA) is 111 Å². The molecule has 2 fully saturated rings. The highest BCUT2D eigenvalue weighted by atomic mass is 35.5. The molecule has 1 unspecified atom stereocenters. The Balaban J connectivity index is 1.36. The molecule has 0 radical (unpaired) electrons. The number of thiophene rings is 1. The SMILES string of the molecule is CNc1ncccc1C(C)N1CCOc2c(Cl)c(-c3ccc(F)c4sc(NC(C)C)c(C#N)c34)c(F)c3nc(OCC45CCCN4CCC5)nc1c23. The van der Waals surface area contributed by atoms with Crippen LogP contribution in [-0.4, -0.2) is 71.3 Å². The molecule has 14 heteroatoms. The van der Waals surface area contributed by atoms with Crippen molar-refractivity contribution in [2.45, 2.75) is 64.1 Å². The van der Waals surface area contributed by atoms with Gasteiger partial charge in [0.15, 0.2) is 11.6 Å². The third-order valence-corrected chi connectivity index (χ3v) is 12.1. The van der Waals surface area contributed by atoms with E-state index in [1.807, 2.05) is 44.9 Å². The van der Waals surface area contributed by atoms with Crippen molar-refractivity contribution in [3.05, 3.63) is 58.2 Å². The van der Waals surface area contributed by atoms with E-state index >= 15 is 8.78 Å². The first-order chi connectivity index (χ1) is 25.2. The van der Waals surface area contributed by atoms with Gasteiger partial charge in [0, 0.05) is 35.8 Å². The Labute approximate surface area is 309 Å². The number of nitrogens with zero attached hydrogens (tertiary/aromatic N) is 6. The number of rotatable bonds is 9. The number of nitriles is 1. The van der Waals surface area contributed by atoms with Gasteiger partial charge in [0.25, 0.3) is 0 Å². The molecule has 0 saturated carbocycles. The van der Waals surface area contributed by atoms with Crippen molar-refractivity contribution >= 4 is 60.6 Å². The summed E-state index contributed by atoms with van der Waals surface area (Å²) in [5.74, 6) is 0.0886. The van der Waals surface area contributed by atoms with E-state index in [9.17, 15) is 5.26 Å². The van der Waals surface area contributed by atoms with Gasteiger partial charge in [-0.15, -0.1) is 11.3 Å². The zero-order valence-electron chi connectivity index (χ0n) is 29.4. The summed E-state index contributed by atoms with van der Waals surface area (Å²) in [7, 11) is 1.82. The Morgan fingerprint density at radius 2 is 1.90 bits per heavy atom. The van der Waals surface area contributed by atoms with Gasteiger partial charge in [0.2, 0.25) is 0 Å². The number of halogens is 3. The molecular weight excluding hydrogens is 706 g/mol. The van der Waals surface area contributed by atoms with Crippen LogP contribution in [0.1, 0.15) is 63.6 Å². The van der Waals surface area contributed by atoms with E-state index in [1.165, 1.54) is 12.1 Å². The lowest BCUT2D eigenvalue weighted by Crippen LogP contribution is -2.43. The van der Waals surface area contributed by atoms with Gasteiger partial charge in [-0.2, -0.15) is 15.2 Å². The van der Waals surface area contributed by atoms with Crippen LogP contribution in [0.4, 0.5) is 25.4 Å². The molecule has 2 aromatic carbocycles. The first kappa shape index (κ1) is 34.6. The Hall–Kier alpha value is -4.51. The zero-order valence-corrected chi connectivity index (χ0v) is 31.0. The number of benzene rings is 2. The molecule has 2 N–H and O–H groups in total. The second-order valence-corrected chi connectivity index (χ2v) is 15.4. The number of nitrogens with one attached hydrogen (secondary N) is 2. The maximum absolute atomic E-state index is 17.5. The van der Waals surface area contributed by atoms with Crippen molar-refractivity contribution in [1.29, 1.82) is 5.26 Å². The number of hydrogen-bond donors (Lipinski definition) is 2. The molecule has 0 amide bonds. The molecule has 6 heterocycles. The predicted molar refractivity (Wildman–Crippen MR) is 202 cm³/mol. The first-order valence-electron chi connectivity index (χ1n) is 17.7. The van der Waals surface area contributed by atoms with Crippen molar-refractivity contribution in [3.63, 3.8) is 0 Å². The molecule has 3 aliphatic rings. The summed E-state index contributed by atoms with van der Waals surface area (Å²) in [5.41, 5.74) is 1.24. The Bertz CT molecular complexity index is 2250. The fraction of sp³-hybridized carbons (Fsp3) is 0.421. The normalized spacial score (nSPS) is 17.2. The number of ether oxygens (including phenoxy) is 2. The van der Waals surface area contributed by atoms with Crippen LogP contribution in [0.5, 0.6) is 11.8 Å². The molecule has 1 atom stereocenters. The van der Waals surface area contributed by atoms with Crippen LogP contribution < -0.4 is 25.0 Å². The maximum Gasteiger partial charge on any atom is 0.319 e. The third-order valence-electron chi connectivity index (χ3n) is 10.7. The average Bonchev–Trinajstić information content (AvgIpc) is 3.79. The van der Waals surface area contributed by atoms with Gasteiger partial charge in [-0.1, -0.05) is 23.7 Å².